The van der Waals surface area contributed by atoms with Crippen LogP contribution in [0, 0.1) is 0 Å². The monoisotopic (exact) mass is 236 g/mol. The van der Waals surface area contributed by atoms with Crippen molar-refractivity contribution in [2.45, 2.75) is 32.6 Å². The molecule has 4 heteroatoms. The van der Waals surface area contributed by atoms with E-state index < -0.39 is 8.03 Å². The van der Waals surface area contributed by atoms with E-state index in [0.29, 0.717) is 6.61 Å². The van der Waals surface area contributed by atoms with Gasteiger partial charge in [0.15, 0.2) is 8.03 Å². The first-order valence-electron chi connectivity index (χ1n) is 5.92. The molecule has 0 radical (unpaired) electrons. The zero-order chi connectivity index (χ0) is 11.7. The van der Waals surface area contributed by atoms with E-state index in [-0.39, 0.29) is 0 Å². The van der Waals surface area contributed by atoms with Crippen molar-refractivity contribution in [3.05, 3.63) is 0 Å². The van der Waals surface area contributed by atoms with Crippen LogP contribution < -0.4 is 0 Å². The normalized spacial score (nSPS) is 14.1. The number of hydrogen-bond donors (Lipinski definition) is 0. The smallest absolute Gasteiger partial charge is 0.191 e. The van der Waals surface area contributed by atoms with E-state index in [1.54, 1.807) is 0 Å². The molecule has 1 atom stereocenters. The Morgan fingerprint density at radius 2 is 1.80 bits per heavy atom. The van der Waals surface area contributed by atoms with Gasteiger partial charge in [-0.25, -0.2) is 0 Å². The molecule has 0 amide bonds. The molecule has 0 aromatic rings. The zero-order valence-electron chi connectivity index (χ0n) is 10.7. The summed E-state index contributed by atoms with van der Waals surface area (Å²) in [5, 5.41) is 0. The summed E-state index contributed by atoms with van der Waals surface area (Å²) < 4.78 is 17.6. The molecule has 3 nitrogen and oxygen atoms in total. The van der Waals surface area contributed by atoms with Crippen molar-refractivity contribution < 1.29 is 13.6 Å². The van der Waals surface area contributed by atoms with E-state index in [9.17, 15) is 4.57 Å². The van der Waals surface area contributed by atoms with Gasteiger partial charge in [0.1, 0.15) is 13.2 Å². The van der Waals surface area contributed by atoms with Gasteiger partial charge in [-0.15, -0.1) is 0 Å². The highest BCUT2D eigenvalue weighted by Crippen LogP contribution is 2.24. The fraction of sp³-hybridized carbons (Fsp3) is 1.00. The highest BCUT2D eigenvalue weighted by Gasteiger charge is 2.07. The summed E-state index contributed by atoms with van der Waals surface area (Å²) in [4.78, 5) is 0. The third-order valence-corrected chi connectivity index (χ3v) is 3.55. The van der Waals surface area contributed by atoms with Crippen molar-refractivity contribution >= 4 is 8.03 Å². The van der Waals surface area contributed by atoms with Gasteiger partial charge in [-0.05, 0) is 6.42 Å². The molecule has 0 aliphatic carbocycles. The summed E-state index contributed by atoms with van der Waals surface area (Å²) in [5.74, 6) is 0. The molecule has 15 heavy (non-hydrogen) atoms. The molecular weight excluding hydrogens is 209 g/mol. The number of unbranched alkanes of at least 4 members (excludes halogenated alkanes) is 3. The van der Waals surface area contributed by atoms with Crippen LogP contribution in [-0.4, -0.2) is 44.9 Å². The number of nitrogens with zero attached hydrogens (tertiary/aromatic N) is 1. The van der Waals surface area contributed by atoms with Gasteiger partial charge in [0, 0.05) is 6.16 Å². The van der Waals surface area contributed by atoms with Crippen LogP contribution in [0.15, 0.2) is 0 Å². The minimum absolute atomic E-state index is 0.620. The average molecular weight is 236 g/mol. The predicted octanol–water partition coefficient (Wildman–Crippen LogP) is 2.76. The first-order valence-corrected chi connectivity index (χ1v) is 7.44. The lowest BCUT2D eigenvalue weighted by molar-refractivity contribution is -0.870. The maximum atomic E-state index is 11.4. The number of rotatable bonds is 9. The molecule has 1 unspecified atom stereocenters. The van der Waals surface area contributed by atoms with Crippen molar-refractivity contribution in [3.8, 4) is 0 Å². The van der Waals surface area contributed by atoms with Crippen LogP contribution >= 0.6 is 8.03 Å². The molecule has 0 saturated carbocycles. The van der Waals surface area contributed by atoms with Gasteiger partial charge in [-0.1, -0.05) is 26.2 Å². The first-order chi connectivity index (χ1) is 6.95. The van der Waals surface area contributed by atoms with Crippen LogP contribution in [0.4, 0.5) is 0 Å². The minimum Gasteiger partial charge on any atom is -0.329 e. The predicted molar refractivity (Wildman–Crippen MR) is 66.9 cm³/mol. The molecule has 0 bridgehead atoms. The van der Waals surface area contributed by atoms with Gasteiger partial charge in [0.05, 0.1) is 21.1 Å². The molecule has 0 aromatic carbocycles. The molecule has 0 aliphatic rings. The van der Waals surface area contributed by atoms with E-state index >= 15 is 0 Å². The topological polar surface area (TPSA) is 26.3 Å². The summed E-state index contributed by atoms with van der Waals surface area (Å²) >= 11 is 0. The Balaban J connectivity index is 3.34. The Morgan fingerprint density at radius 3 is 2.33 bits per heavy atom. The van der Waals surface area contributed by atoms with E-state index in [1.165, 1.54) is 19.3 Å². The summed E-state index contributed by atoms with van der Waals surface area (Å²) in [6, 6.07) is 0. The largest absolute Gasteiger partial charge is 0.329 e. The van der Waals surface area contributed by atoms with E-state index in [1.807, 2.05) is 0 Å². The molecule has 0 aliphatic heterocycles. The molecule has 0 N–H and O–H groups in total. The van der Waals surface area contributed by atoms with Gasteiger partial charge in [-0.3, -0.25) is 4.57 Å². The third-order valence-electron chi connectivity index (χ3n) is 2.26. The van der Waals surface area contributed by atoms with Crippen LogP contribution in [0.3, 0.4) is 0 Å². The lowest BCUT2D eigenvalue weighted by Gasteiger charge is -2.23. The number of quaternary nitrogens is 1. The summed E-state index contributed by atoms with van der Waals surface area (Å²) in [6.07, 6.45) is 5.47. The van der Waals surface area contributed by atoms with Gasteiger partial charge >= 0.3 is 0 Å². The van der Waals surface area contributed by atoms with Gasteiger partial charge in [0.2, 0.25) is 0 Å². The quantitative estimate of drug-likeness (QED) is 0.349. The Bertz CT molecular complexity index is 178. The molecule has 0 fully saturated rings. The lowest BCUT2D eigenvalue weighted by atomic mass is 10.2. The summed E-state index contributed by atoms with van der Waals surface area (Å²) in [5.41, 5.74) is 0. The van der Waals surface area contributed by atoms with Crippen LogP contribution in [0.5, 0.6) is 0 Å². The Kier molecular flexibility index (Phi) is 8.40. The molecule has 0 rings (SSSR count). The number of hydrogen-bond acceptors (Lipinski definition) is 2. The molecule has 0 spiro atoms. The van der Waals surface area contributed by atoms with Crippen molar-refractivity contribution in [1.29, 1.82) is 0 Å². The number of likely N-dealkylation sites (N-methyl/N-ethyl adjacent to an activating group) is 1. The standard InChI is InChI=1S/C11H27NO2P/c1-5-6-7-8-11-15(13)14-10-9-12(2,3)4/h15H,5-11H2,1-4H3/q+1. The second-order valence-corrected chi connectivity index (χ2v) is 6.58. The third kappa shape index (κ3) is 12.1. The van der Waals surface area contributed by atoms with Crippen molar-refractivity contribution in [2.24, 2.45) is 0 Å². The molecule has 92 valence electrons. The highest BCUT2D eigenvalue weighted by atomic mass is 31.1. The zero-order valence-corrected chi connectivity index (χ0v) is 11.7. The van der Waals surface area contributed by atoms with Crippen LogP contribution in [0.1, 0.15) is 32.6 Å². The van der Waals surface area contributed by atoms with E-state index in [2.05, 4.69) is 28.1 Å². The van der Waals surface area contributed by atoms with Crippen LogP contribution in [0.2, 0.25) is 0 Å². The van der Waals surface area contributed by atoms with Crippen molar-refractivity contribution in [3.63, 3.8) is 0 Å². The Hall–Kier alpha value is 0.150. The molecular formula is C11H27NO2P+. The molecule has 0 heterocycles. The highest BCUT2D eigenvalue weighted by molar-refractivity contribution is 7.39. The average Bonchev–Trinajstić information content (AvgIpc) is 2.10. The van der Waals surface area contributed by atoms with E-state index in [4.69, 9.17) is 4.52 Å². The maximum Gasteiger partial charge on any atom is 0.191 e. The molecule has 0 aromatic heterocycles. The Labute approximate surface area is 95.3 Å². The van der Waals surface area contributed by atoms with Crippen LogP contribution in [0.25, 0.3) is 0 Å². The van der Waals surface area contributed by atoms with E-state index in [0.717, 1.165) is 23.6 Å². The van der Waals surface area contributed by atoms with Crippen LogP contribution in [-0.2, 0) is 9.09 Å². The minimum atomic E-state index is -1.75. The van der Waals surface area contributed by atoms with Crippen molar-refractivity contribution in [2.75, 3.05) is 40.5 Å². The first kappa shape index (κ1) is 15.2. The summed E-state index contributed by atoms with van der Waals surface area (Å²) in [6.45, 7) is 3.72. The molecule has 0 saturated heterocycles. The second-order valence-electron chi connectivity index (χ2n) is 5.05. The fourth-order valence-corrected chi connectivity index (χ4v) is 2.20. The fourth-order valence-electron chi connectivity index (χ4n) is 1.20. The maximum absolute atomic E-state index is 11.4. The SMILES string of the molecule is CCCCCC[PH](=O)OCC[N+](C)(C)C. The van der Waals surface area contributed by atoms with Gasteiger partial charge in [0.25, 0.3) is 0 Å². The summed E-state index contributed by atoms with van der Waals surface area (Å²) in [7, 11) is 4.59. The second kappa shape index (κ2) is 8.32. The van der Waals surface area contributed by atoms with Crippen molar-refractivity contribution in [1.82, 2.24) is 0 Å². The lowest BCUT2D eigenvalue weighted by Crippen LogP contribution is -2.37. The van der Waals surface area contributed by atoms with Gasteiger partial charge in [-0.2, -0.15) is 0 Å². The van der Waals surface area contributed by atoms with Gasteiger partial charge < -0.3 is 9.01 Å². The Morgan fingerprint density at radius 1 is 1.13 bits per heavy atom.